The molecule has 0 aliphatic carbocycles. The average Bonchev–Trinajstić information content (AvgIpc) is 2.49. The molecule has 4 nitrogen and oxygen atoms in total. The molecule has 5 heteroatoms. The highest BCUT2D eigenvalue weighted by atomic mass is 19.1. The predicted molar refractivity (Wildman–Crippen MR) is 78.3 cm³/mol. The van der Waals surface area contributed by atoms with Gasteiger partial charge in [0.15, 0.2) is 0 Å². The number of halogens is 1. The van der Waals surface area contributed by atoms with Crippen molar-refractivity contribution >= 4 is 11.8 Å². The smallest absolute Gasteiger partial charge is 0.253 e. The average molecular weight is 292 g/mol. The van der Waals surface area contributed by atoms with Gasteiger partial charge in [-0.2, -0.15) is 0 Å². The standard InChI is InChI=1S/C16H21FN2O2/c1-3-7-13-14(20)18-16(2,12-8-5-4-6-9-12)15(21)19(13)11-10-17/h4-6,8-9,13H,3,7,10-11H2,1-2H3,(H,18,20). The molecule has 0 radical (unpaired) electrons. The molecular weight excluding hydrogens is 271 g/mol. The number of hydrogen-bond acceptors (Lipinski definition) is 2. The van der Waals surface area contributed by atoms with Crippen LogP contribution in [0.2, 0.25) is 0 Å². The number of nitrogens with zero attached hydrogens (tertiary/aromatic N) is 1. The molecule has 0 bridgehead atoms. The molecule has 1 aliphatic heterocycles. The van der Waals surface area contributed by atoms with E-state index in [-0.39, 0.29) is 18.4 Å². The zero-order valence-corrected chi connectivity index (χ0v) is 12.4. The summed E-state index contributed by atoms with van der Waals surface area (Å²) in [5.74, 6) is -0.458. The fraction of sp³-hybridized carbons (Fsp3) is 0.500. The van der Waals surface area contributed by atoms with Gasteiger partial charge in [-0.3, -0.25) is 9.59 Å². The molecule has 0 spiro atoms. The molecule has 1 aliphatic rings. The molecule has 114 valence electrons. The highest BCUT2D eigenvalue weighted by Gasteiger charge is 2.48. The van der Waals surface area contributed by atoms with E-state index in [4.69, 9.17) is 0 Å². The quantitative estimate of drug-likeness (QED) is 0.902. The monoisotopic (exact) mass is 292 g/mol. The van der Waals surface area contributed by atoms with Crippen molar-refractivity contribution in [2.75, 3.05) is 13.2 Å². The molecule has 1 heterocycles. The maximum atomic E-state index is 12.8. The number of hydrogen-bond donors (Lipinski definition) is 1. The van der Waals surface area contributed by atoms with Gasteiger partial charge in [-0.25, -0.2) is 4.39 Å². The van der Waals surface area contributed by atoms with Crippen molar-refractivity contribution in [3.05, 3.63) is 35.9 Å². The fourth-order valence-corrected chi connectivity index (χ4v) is 2.83. The van der Waals surface area contributed by atoms with Crippen molar-refractivity contribution in [3.8, 4) is 0 Å². The van der Waals surface area contributed by atoms with Gasteiger partial charge in [0.2, 0.25) is 5.91 Å². The lowest BCUT2D eigenvalue weighted by Crippen LogP contribution is -2.67. The Balaban J connectivity index is 2.38. The van der Waals surface area contributed by atoms with E-state index in [1.54, 1.807) is 19.1 Å². The topological polar surface area (TPSA) is 49.4 Å². The second-order valence-electron chi connectivity index (χ2n) is 5.47. The number of nitrogens with one attached hydrogen (secondary N) is 1. The molecule has 0 saturated carbocycles. The Hall–Kier alpha value is -1.91. The molecular formula is C16H21FN2O2. The number of benzene rings is 1. The predicted octanol–water partition coefficient (Wildman–Crippen LogP) is 2.00. The summed E-state index contributed by atoms with van der Waals surface area (Å²) in [6, 6.07) is 8.50. The minimum absolute atomic E-state index is 0.0423. The number of rotatable bonds is 5. The van der Waals surface area contributed by atoms with Crippen molar-refractivity contribution < 1.29 is 14.0 Å². The highest BCUT2D eigenvalue weighted by molar-refractivity contribution is 6.00. The van der Waals surface area contributed by atoms with Crippen LogP contribution in [0.5, 0.6) is 0 Å². The van der Waals surface area contributed by atoms with E-state index < -0.39 is 18.3 Å². The Morgan fingerprint density at radius 3 is 2.52 bits per heavy atom. The first kappa shape index (κ1) is 15.5. The Kier molecular flexibility index (Phi) is 4.60. The molecule has 2 rings (SSSR count). The van der Waals surface area contributed by atoms with Crippen molar-refractivity contribution in [3.63, 3.8) is 0 Å². The molecule has 2 amide bonds. The summed E-state index contributed by atoms with van der Waals surface area (Å²) >= 11 is 0. The third-order valence-electron chi connectivity index (χ3n) is 3.98. The lowest BCUT2D eigenvalue weighted by Gasteiger charge is -2.44. The van der Waals surface area contributed by atoms with E-state index in [2.05, 4.69) is 5.32 Å². The van der Waals surface area contributed by atoms with Gasteiger partial charge in [0.1, 0.15) is 18.3 Å². The summed E-state index contributed by atoms with van der Waals surface area (Å²) < 4.78 is 12.8. The largest absolute Gasteiger partial charge is 0.336 e. The molecule has 1 N–H and O–H groups in total. The van der Waals surface area contributed by atoms with E-state index in [1.165, 1.54) is 4.90 Å². The van der Waals surface area contributed by atoms with E-state index in [1.807, 2.05) is 25.1 Å². The van der Waals surface area contributed by atoms with Crippen molar-refractivity contribution in [2.45, 2.75) is 38.3 Å². The van der Waals surface area contributed by atoms with Gasteiger partial charge in [-0.05, 0) is 18.9 Å². The second kappa shape index (κ2) is 6.24. The van der Waals surface area contributed by atoms with E-state index in [9.17, 15) is 14.0 Å². The minimum Gasteiger partial charge on any atom is -0.336 e. The summed E-state index contributed by atoms with van der Waals surface area (Å²) in [6.45, 7) is 2.93. The number of alkyl halides is 1. The summed E-state index contributed by atoms with van der Waals surface area (Å²) in [5, 5.41) is 2.83. The number of piperazine rings is 1. The van der Waals surface area contributed by atoms with Crippen LogP contribution in [0.1, 0.15) is 32.3 Å². The molecule has 0 aromatic heterocycles. The van der Waals surface area contributed by atoms with Crippen LogP contribution in [0.4, 0.5) is 4.39 Å². The Morgan fingerprint density at radius 2 is 1.95 bits per heavy atom. The first-order chi connectivity index (χ1) is 10.0. The highest BCUT2D eigenvalue weighted by Crippen LogP contribution is 2.29. The molecule has 21 heavy (non-hydrogen) atoms. The number of carbonyl (C=O) groups excluding carboxylic acids is 2. The van der Waals surface area contributed by atoms with E-state index >= 15 is 0 Å². The molecule has 1 fully saturated rings. The second-order valence-corrected chi connectivity index (χ2v) is 5.47. The third kappa shape index (κ3) is 2.77. The summed E-state index contributed by atoms with van der Waals surface area (Å²) in [6.07, 6.45) is 1.30. The zero-order valence-electron chi connectivity index (χ0n) is 12.4. The third-order valence-corrected chi connectivity index (χ3v) is 3.98. The van der Waals surface area contributed by atoms with Gasteiger partial charge < -0.3 is 10.2 Å². The first-order valence-corrected chi connectivity index (χ1v) is 7.29. The zero-order chi connectivity index (χ0) is 15.5. The number of carbonyl (C=O) groups is 2. The van der Waals surface area contributed by atoms with Gasteiger partial charge in [-0.15, -0.1) is 0 Å². The van der Waals surface area contributed by atoms with Crippen LogP contribution in [0.15, 0.2) is 30.3 Å². The van der Waals surface area contributed by atoms with Crippen molar-refractivity contribution in [2.24, 2.45) is 0 Å². The fourth-order valence-electron chi connectivity index (χ4n) is 2.83. The SMILES string of the molecule is CCCC1C(=O)NC(C)(c2ccccc2)C(=O)N1CCF. The molecule has 1 aromatic rings. The molecule has 1 saturated heterocycles. The van der Waals surface area contributed by atoms with Crippen LogP contribution in [0.3, 0.4) is 0 Å². The van der Waals surface area contributed by atoms with E-state index in [0.717, 1.165) is 6.42 Å². The Bertz CT molecular complexity index is 520. The van der Waals surface area contributed by atoms with Crippen molar-refractivity contribution in [1.29, 1.82) is 0 Å². The first-order valence-electron chi connectivity index (χ1n) is 7.29. The van der Waals surface area contributed by atoms with E-state index in [0.29, 0.717) is 12.0 Å². The lowest BCUT2D eigenvalue weighted by atomic mass is 9.86. The van der Waals surface area contributed by atoms with Gasteiger partial charge >= 0.3 is 0 Å². The Labute approximate surface area is 124 Å². The van der Waals surface area contributed by atoms with Gasteiger partial charge in [0, 0.05) is 6.54 Å². The van der Waals surface area contributed by atoms with Crippen LogP contribution in [-0.2, 0) is 15.1 Å². The molecule has 2 unspecified atom stereocenters. The summed E-state index contributed by atoms with van der Waals surface area (Å²) in [7, 11) is 0. The van der Waals surface area contributed by atoms with Gasteiger partial charge in [0.05, 0.1) is 0 Å². The molecule has 2 atom stereocenters. The normalized spacial score (nSPS) is 25.9. The molecule has 1 aromatic carbocycles. The minimum atomic E-state index is -1.13. The maximum absolute atomic E-state index is 12.8. The van der Waals surface area contributed by atoms with Crippen LogP contribution in [-0.4, -0.2) is 36.0 Å². The maximum Gasteiger partial charge on any atom is 0.253 e. The van der Waals surface area contributed by atoms with Gasteiger partial charge in [0.25, 0.3) is 5.91 Å². The van der Waals surface area contributed by atoms with Crippen molar-refractivity contribution in [1.82, 2.24) is 10.2 Å². The van der Waals surface area contributed by atoms with Crippen LogP contribution in [0, 0.1) is 0 Å². The van der Waals surface area contributed by atoms with Crippen LogP contribution < -0.4 is 5.32 Å². The summed E-state index contributed by atoms with van der Waals surface area (Å²) in [5.41, 5.74) is -0.417. The van der Waals surface area contributed by atoms with Crippen LogP contribution in [0.25, 0.3) is 0 Å². The number of amides is 2. The Morgan fingerprint density at radius 1 is 1.29 bits per heavy atom. The lowest BCUT2D eigenvalue weighted by molar-refractivity contribution is -0.155. The summed E-state index contributed by atoms with van der Waals surface area (Å²) in [4.78, 5) is 26.6. The van der Waals surface area contributed by atoms with Gasteiger partial charge in [-0.1, -0.05) is 43.7 Å². The van der Waals surface area contributed by atoms with Crippen LogP contribution >= 0.6 is 0 Å².